The molecular formula is C9H16N2S. The lowest BCUT2D eigenvalue weighted by Gasteiger charge is -2.35. The Hall–Kier alpha value is -0.570. The molecule has 1 saturated carbocycles. The van der Waals surface area contributed by atoms with Crippen LogP contribution in [0.3, 0.4) is 0 Å². The van der Waals surface area contributed by atoms with Gasteiger partial charge in [-0.15, -0.1) is 6.58 Å². The van der Waals surface area contributed by atoms with E-state index in [1.165, 1.54) is 12.8 Å². The predicted molar refractivity (Wildman–Crippen MR) is 56.1 cm³/mol. The molecule has 0 heterocycles. The topological polar surface area (TPSA) is 24.1 Å². The third-order valence-electron chi connectivity index (χ3n) is 2.34. The molecule has 2 atom stereocenters. The summed E-state index contributed by atoms with van der Waals surface area (Å²) in [4.78, 5) is 0. The van der Waals surface area contributed by atoms with Crippen molar-refractivity contribution in [2.45, 2.75) is 25.8 Å². The van der Waals surface area contributed by atoms with Crippen molar-refractivity contribution in [1.82, 2.24) is 10.6 Å². The summed E-state index contributed by atoms with van der Waals surface area (Å²) in [5.74, 6) is 0.772. The van der Waals surface area contributed by atoms with E-state index in [-0.39, 0.29) is 0 Å². The van der Waals surface area contributed by atoms with E-state index in [0.29, 0.717) is 6.04 Å². The zero-order valence-corrected chi connectivity index (χ0v) is 8.29. The average Bonchev–Trinajstić information content (AvgIpc) is 2.08. The van der Waals surface area contributed by atoms with Crippen LogP contribution in [-0.4, -0.2) is 17.7 Å². The quantitative estimate of drug-likeness (QED) is 0.512. The van der Waals surface area contributed by atoms with E-state index in [9.17, 15) is 0 Å². The first kappa shape index (κ1) is 9.52. The molecule has 0 saturated heterocycles. The third kappa shape index (κ3) is 2.48. The fourth-order valence-electron chi connectivity index (χ4n) is 1.27. The SMILES string of the molecule is C=CCNC(=S)NC1CCC1C. The molecule has 1 rings (SSSR count). The zero-order valence-electron chi connectivity index (χ0n) is 7.47. The third-order valence-corrected chi connectivity index (χ3v) is 2.61. The van der Waals surface area contributed by atoms with Crippen LogP contribution >= 0.6 is 12.2 Å². The molecule has 2 nitrogen and oxygen atoms in total. The Morgan fingerprint density at radius 2 is 2.42 bits per heavy atom. The Morgan fingerprint density at radius 1 is 1.67 bits per heavy atom. The fraction of sp³-hybridized carbons (Fsp3) is 0.667. The van der Waals surface area contributed by atoms with Gasteiger partial charge in [-0.2, -0.15) is 0 Å². The minimum atomic E-state index is 0.592. The van der Waals surface area contributed by atoms with Crippen molar-refractivity contribution in [3.05, 3.63) is 12.7 Å². The Balaban J connectivity index is 2.13. The molecule has 12 heavy (non-hydrogen) atoms. The summed E-state index contributed by atoms with van der Waals surface area (Å²) in [7, 11) is 0. The van der Waals surface area contributed by atoms with Crippen molar-refractivity contribution < 1.29 is 0 Å². The average molecular weight is 184 g/mol. The van der Waals surface area contributed by atoms with E-state index in [0.717, 1.165) is 17.6 Å². The van der Waals surface area contributed by atoms with Crippen molar-refractivity contribution in [1.29, 1.82) is 0 Å². The van der Waals surface area contributed by atoms with Gasteiger partial charge in [0.15, 0.2) is 5.11 Å². The first-order valence-electron chi connectivity index (χ1n) is 4.39. The van der Waals surface area contributed by atoms with Gasteiger partial charge < -0.3 is 10.6 Å². The van der Waals surface area contributed by atoms with Crippen LogP contribution in [0.2, 0.25) is 0 Å². The van der Waals surface area contributed by atoms with Gasteiger partial charge in [0.1, 0.15) is 0 Å². The van der Waals surface area contributed by atoms with Crippen LogP contribution in [0.15, 0.2) is 12.7 Å². The van der Waals surface area contributed by atoms with Gasteiger partial charge >= 0.3 is 0 Å². The molecule has 2 unspecified atom stereocenters. The van der Waals surface area contributed by atoms with Gasteiger partial charge in [-0.3, -0.25) is 0 Å². The minimum Gasteiger partial charge on any atom is -0.360 e. The maximum absolute atomic E-state index is 5.08. The van der Waals surface area contributed by atoms with Crippen molar-refractivity contribution in [3.8, 4) is 0 Å². The first-order valence-corrected chi connectivity index (χ1v) is 4.80. The smallest absolute Gasteiger partial charge is 0.166 e. The lowest BCUT2D eigenvalue weighted by Crippen LogP contribution is -2.49. The number of hydrogen-bond donors (Lipinski definition) is 2. The van der Waals surface area contributed by atoms with E-state index in [4.69, 9.17) is 12.2 Å². The first-order chi connectivity index (χ1) is 5.74. The molecule has 0 aromatic rings. The van der Waals surface area contributed by atoms with Crippen LogP contribution in [-0.2, 0) is 0 Å². The summed E-state index contributed by atoms with van der Waals surface area (Å²) in [5.41, 5.74) is 0. The maximum atomic E-state index is 5.08. The van der Waals surface area contributed by atoms with Gasteiger partial charge in [0.05, 0.1) is 0 Å². The molecule has 0 aromatic heterocycles. The Labute approximate surface area is 79.4 Å². The van der Waals surface area contributed by atoms with Gasteiger partial charge in [-0.25, -0.2) is 0 Å². The number of nitrogens with one attached hydrogen (secondary N) is 2. The van der Waals surface area contributed by atoms with E-state index < -0.39 is 0 Å². The molecule has 1 aliphatic carbocycles. The highest BCUT2D eigenvalue weighted by atomic mass is 32.1. The van der Waals surface area contributed by atoms with Gasteiger partial charge in [0, 0.05) is 12.6 Å². The summed E-state index contributed by atoms with van der Waals surface area (Å²) >= 11 is 5.08. The van der Waals surface area contributed by atoms with Crippen molar-refractivity contribution in [2.24, 2.45) is 5.92 Å². The Bertz CT molecular complexity index is 179. The van der Waals surface area contributed by atoms with E-state index in [1.54, 1.807) is 6.08 Å². The van der Waals surface area contributed by atoms with Gasteiger partial charge in [-0.1, -0.05) is 13.0 Å². The summed E-state index contributed by atoms with van der Waals surface area (Å²) in [5, 5.41) is 7.08. The van der Waals surface area contributed by atoms with Gasteiger partial charge in [0.2, 0.25) is 0 Å². The molecule has 0 bridgehead atoms. The normalized spacial score (nSPS) is 27.1. The molecule has 3 heteroatoms. The molecule has 1 fully saturated rings. The van der Waals surface area contributed by atoms with Crippen molar-refractivity contribution in [3.63, 3.8) is 0 Å². The monoisotopic (exact) mass is 184 g/mol. The van der Waals surface area contributed by atoms with E-state index in [1.807, 2.05) is 0 Å². The second-order valence-electron chi connectivity index (χ2n) is 3.30. The second kappa shape index (κ2) is 4.45. The molecule has 1 aliphatic rings. The minimum absolute atomic E-state index is 0.592. The van der Waals surface area contributed by atoms with Crippen LogP contribution in [0.25, 0.3) is 0 Å². The van der Waals surface area contributed by atoms with E-state index >= 15 is 0 Å². The van der Waals surface area contributed by atoms with Crippen LogP contribution in [0.1, 0.15) is 19.8 Å². The van der Waals surface area contributed by atoms with Crippen LogP contribution in [0, 0.1) is 5.92 Å². The molecule has 2 N–H and O–H groups in total. The van der Waals surface area contributed by atoms with Crippen molar-refractivity contribution >= 4 is 17.3 Å². The number of rotatable bonds is 3. The predicted octanol–water partition coefficient (Wildman–Crippen LogP) is 1.43. The van der Waals surface area contributed by atoms with E-state index in [2.05, 4.69) is 24.1 Å². The summed E-state index contributed by atoms with van der Waals surface area (Å²) in [6.07, 6.45) is 4.37. The highest BCUT2D eigenvalue weighted by Gasteiger charge is 2.26. The molecular weight excluding hydrogens is 168 g/mol. The Morgan fingerprint density at radius 3 is 2.83 bits per heavy atom. The zero-order chi connectivity index (χ0) is 8.97. The lowest BCUT2D eigenvalue weighted by molar-refractivity contribution is 0.257. The number of thiocarbonyl (C=S) groups is 1. The Kier molecular flexibility index (Phi) is 3.53. The van der Waals surface area contributed by atoms with Gasteiger partial charge in [-0.05, 0) is 31.0 Å². The standard InChI is InChI=1S/C9H16N2S/c1-3-6-10-9(12)11-8-5-4-7(8)2/h3,7-8H,1,4-6H2,2H3,(H2,10,11,12). The molecule has 0 aromatic carbocycles. The summed E-state index contributed by atoms with van der Waals surface area (Å²) < 4.78 is 0. The van der Waals surface area contributed by atoms with Crippen LogP contribution in [0.5, 0.6) is 0 Å². The summed E-state index contributed by atoms with van der Waals surface area (Å²) in [6.45, 7) is 6.60. The fourth-order valence-corrected chi connectivity index (χ4v) is 1.50. The molecule has 68 valence electrons. The largest absolute Gasteiger partial charge is 0.360 e. The molecule has 0 amide bonds. The second-order valence-corrected chi connectivity index (χ2v) is 3.71. The summed E-state index contributed by atoms with van der Waals surface area (Å²) in [6, 6.07) is 0.592. The van der Waals surface area contributed by atoms with Crippen molar-refractivity contribution in [2.75, 3.05) is 6.54 Å². The highest BCUT2D eigenvalue weighted by Crippen LogP contribution is 2.26. The molecule has 0 radical (unpaired) electrons. The van der Waals surface area contributed by atoms with Gasteiger partial charge in [0.25, 0.3) is 0 Å². The maximum Gasteiger partial charge on any atom is 0.166 e. The lowest BCUT2D eigenvalue weighted by atomic mass is 9.81. The molecule has 0 aliphatic heterocycles. The number of hydrogen-bond acceptors (Lipinski definition) is 1. The highest BCUT2D eigenvalue weighted by molar-refractivity contribution is 7.80. The van der Waals surface area contributed by atoms with Crippen LogP contribution < -0.4 is 10.6 Å². The molecule has 0 spiro atoms. The van der Waals surface area contributed by atoms with Crippen LogP contribution in [0.4, 0.5) is 0 Å².